The molecular formula is C10H9BrN2O. The smallest absolute Gasteiger partial charge is 0.253 e. The van der Waals surface area contributed by atoms with Gasteiger partial charge in [-0.3, -0.25) is 9.78 Å². The van der Waals surface area contributed by atoms with Crippen LogP contribution in [0.4, 0.5) is 0 Å². The van der Waals surface area contributed by atoms with Crippen molar-refractivity contribution in [2.45, 2.75) is 13.3 Å². The maximum Gasteiger partial charge on any atom is 0.253 e. The van der Waals surface area contributed by atoms with Gasteiger partial charge in [0.25, 0.3) is 5.91 Å². The Kier molecular flexibility index (Phi) is 2.46. The summed E-state index contributed by atoms with van der Waals surface area (Å²) in [7, 11) is 0. The molecule has 0 aromatic carbocycles. The summed E-state index contributed by atoms with van der Waals surface area (Å²) in [4.78, 5) is 19.7. The number of nitrogens with zero attached hydrogens (tertiary/aromatic N) is 2. The molecule has 1 aliphatic rings. The molecule has 1 aromatic heterocycles. The van der Waals surface area contributed by atoms with E-state index in [9.17, 15) is 4.79 Å². The maximum atomic E-state index is 11.5. The highest BCUT2D eigenvalue weighted by Gasteiger charge is 2.16. The Labute approximate surface area is 89.7 Å². The third-order valence-electron chi connectivity index (χ3n) is 2.21. The van der Waals surface area contributed by atoms with E-state index in [1.54, 1.807) is 6.20 Å². The third-order valence-corrected chi connectivity index (χ3v) is 2.64. The lowest BCUT2D eigenvalue weighted by Crippen LogP contribution is -2.35. The van der Waals surface area contributed by atoms with Gasteiger partial charge in [-0.1, -0.05) is 6.92 Å². The SMILES string of the molecule is CCC1C=c2ncc(Br)cc2=NC1=O. The molecule has 0 aliphatic carbocycles. The average molecular weight is 253 g/mol. The van der Waals surface area contributed by atoms with Crippen LogP contribution in [-0.2, 0) is 4.79 Å². The van der Waals surface area contributed by atoms with E-state index in [4.69, 9.17) is 0 Å². The van der Waals surface area contributed by atoms with Gasteiger partial charge < -0.3 is 0 Å². The molecule has 1 aromatic rings. The molecule has 2 rings (SSSR count). The predicted octanol–water partition coefficient (Wildman–Crippen LogP) is 0.811. The lowest BCUT2D eigenvalue weighted by atomic mass is 10.0. The van der Waals surface area contributed by atoms with Crippen LogP contribution < -0.4 is 10.7 Å². The maximum absolute atomic E-state index is 11.5. The van der Waals surface area contributed by atoms with Gasteiger partial charge in [0.05, 0.1) is 16.6 Å². The standard InChI is InChI=1S/C10H9BrN2O/c1-2-6-3-8-9(13-10(6)14)4-7(11)5-12-8/h3-6H,2H2,1H3. The van der Waals surface area contributed by atoms with Crippen LogP contribution in [0.3, 0.4) is 0 Å². The molecule has 0 saturated heterocycles. The number of hydrogen-bond acceptors (Lipinski definition) is 2. The monoisotopic (exact) mass is 252 g/mol. The molecule has 0 spiro atoms. The van der Waals surface area contributed by atoms with Gasteiger partial charge in [0.1, 0.15) is 0 Å². The quantitative estimate of drug-likeness (QED) is 0.743. The molecule has 1 aliphatic heterocycles. The minimum atomic E-state index is -0.101. The molecule has 0 bridgehead atoms. The number of aromatic nitrogens is 1. The zero-order chi connectivity index (χ0) is 10.1. The first-order valence-electron chi connectivity index (χ1n) is 4.46. The Balaban J connectivity index is 2.66. The van der Waals surface area contributed by atoms with Crippen LogP contribution in [0.1, 0.15) is 13.3 Å². The first kappa shape index (κ1) is 9.52. The van der Waals surface area contributed by atoms with Crippen LogP contribution in [0.5, 0.6) is 0 Å². The van der Waals surface area contributed by atoms with Gasteiger partial charge in [-0.05, 0) is 34.5 Å². The van der Waals surface area contributed by atoms with Crippen molar-refractivity contribution in [2.24, 2.45) is 10.9 Å². The van der Waals surface area contributed by atoms with Gasteiger partial charge in [0, 0.05) is 10.7 Å². The second kappa shape index (κ2) is 3.61. The van der Waals surface area contributed by atoms with E-state index in [1.165, 1.54) is 0 Å². The van der Waals surface area contributed by atoms with Gasteiger partial charge >= 0.3 is 0 Å². The van der Waals surface area contributed by atoms with E-state index in [0.717, 1.165) is 16.2 Å². The minimum absolute atomic E-state index is 0.0695. The van der Waals surface area contributed by atoms with Crippen LogP contribution in [0.15, 0.2) is 21.7 Å². The summed E-state index contributed by atoms with van der Waals surface area (Å²) >= 11 is 3.29. The molecule has 3 nitrogen and oxygen atoms in total. The molecular weight excluding hydrogens is 244 g/mol. The highest BCUT2D eigenvalue weighted by atomic mass is 79.9. The first-order valence-corrected chi connectivity index (χ1v) is 5.26. The Hall–Kier alpha value is -1.03. The second-order valence-electron chi connectivity index (χ2n) is 3.19. The van der Waals surface area contributed by atoms with Crippen molar-refractivity contribution in [2.75, 3.05) is 0 Å². The molecule has 0 radical (unpaired) electrons. The zero-order valence-electron chi connectivity index (χ0n) is 7.70. The van der Waals surface area contributed by atoms with Crippen molar-refractivity contribution in [3.8, 4) is 0 Å². The summed E-state index contributed by atoms with van der Waals surface area (Å²) in [6, 6.07) is 1.81. The van der Waals surface area contributed by atoms with Crippen molar-refractivity contribution in [3.05, 3.63) is 27.4 Å². The Bertz CT molecular complexity index is 495. The van der Waals surface area contributed by atoms with Gasteiger partial charge in [-0.2, -0.15) is 0 Å². The molecule has 0 saturated carbocycles. The summed E-state index contributed by atoms with van der Waals surface area (Å²) < 4.78 is 0.844. The van der Waals surface area contributed by atoms with Gasteiger partial charge in [-0.25, -0.2) is 4.99 Å². The average Bonchev–Trinajstić information content (AvgIpc) is 2.16. The van der Waals surface area contributed by atoms with Crippen molar-refractivity contribution >= 4 is 27.9 Å². The number of carbonyl (C=O) groups excluding carboxylic acids is 1. The zero-order valence-corrected chi connectivity index (χ0v) is 9.28. The number of carbonyl (C=O) groups is 1. The van der Waals surface area contributed by atoms with E-state index < -0.39 is 0 Å². The fourth-order valence-electron chi connectivity index (χ4n) is 1.41. The van der Waals surface area contributed by atoms with Crippen molar-refractivity contribution in [1.82, 2.24) is 4.98 Å². The molecule has 2 heterocycles. The summed E-state index contributed by atoms with van der Waals surface area (Å²) in [5, 5.41) is 1.47. The molecule has 0 N–H and O–H groups in total. The summed E-state index contributed by atoms with van der Waals surface area (Å²) in [5.74, 6) is -0.170. The van der Waals surface area contributed by atoms with E-state index in [0.29, 0.717) is 5.36 Å². The van der Waals surface area contributed by atoms with Gasteiger partial charge in [0.15, 0.2) is 0 Å². The minimum Gasteiger partial charge on any atom is -0.272 e. The molecule has 72 valence electrons. The Morgan fingerprint density at radius 2 is 2.36 bits per heavy atom. The van der Waals surface area contributed by atoms with Gasteiger partial charge in [-0.15, -0.1) is 0 Å². The van der Waals surface area contributed by atoms with Crippen LogP contribution in [-0.4, -0.2) is 10.9 Å². The van der Waals surface area contributed by atoms with E-state index in [1.807, 2.05) is 19.1 Å². The largest absolute Gasteiger partial charge is 0.272 e. The number of fused-ring (bicyclic) bond motifs is 1. The molecule has 1 amide bonds. The number of pyridine rings is 1. The van der Waals surface area contributed by atoms with E-state index in [-0.39, 0.29) is 11.8 Å². The Morgan fingerprint density at radius 3 is 3.07 bits per heavy atom. The van der Waals surface area contributed by atoms with Crippen LogP contribution in [0.2, 0.25) is 0 Å². The summed E-state index contributed by atoms with van der Waals surface area (Å²) in [5.41, 5.74) is 0. The molecule has 1 unspecified atom stereocenters. The van der Waals surface area contributed by atoms with Crippen LogP contribution >= 0.6 is 15.9 Å². The number of halogens is 1. The Morgan fingerprint density at radius 1 is 1.57 bits per heavy atom. The summed E-state index contributed by atoms with van der Waals surface area (Å²) in [6.45, 7) is 1.97. The fourth-order valence-corrected chi connectivity index (χ4v) is 1.73. The lowest BCUT2D eigenvalue weighted by Gasteiger charge is -2.08. The van der Waals surface area contributed by atoms with Crippen LogP contribution in [0, 0.1) is 5.92 Å². The van der Waals surface area contributed by atoms with E-state index in [2.05, 4.69) is 25.9 Å². The van der Waals surface area contributed by atoms with Crippen LogP contribution in [0.25, 0.3) is 6.08 Å². The van der Waals surface area contributed by atoms with E-state index >= 15 is 0 Å². The fraction of sp³-hybridized carbons (Fsp3) is 0.300. The highest BCUT2D eigenvalue weighted by Crippen LogP contribution is 2.08. The second-order valence-corrected chi connectivity index (χ2v) is 4.11. The topological polar surface area (TPSA) is 42.3 Å². The van der Waals surface area contributed by atoms with Crippen molar-refractivity contribution < 1.29 is 4.79 Å². The number of hydrogen-bond donors (Lipinski definition) is 0. The molecule has 1 atom stereocenters. The molecule has 4 heteroatoms. The van der Waals surface area contributed by atoms with Crippen molar-refractivity contribution in [1.29, 1.82) is 0 Å². The first-order chi connectivity index (χ1) is 6.70. The highest BCUT2D eigenvalue weighted by molar-refractivity contribution is 9.10. The summed E-state index contributed by atoms with van der Waals surface area (Å²) in [6.07, 6.45) is 4.38. The van der Waals surface area contributed by atoms with Crippen molar-refractivity contribution in [3.63, 3.8) is 0 Å². The molecule has 14 heavy (non-hydrogen) atoms. The van der Waals surface area contributed by atoms with Gasteiger partial charge in [0.2, 0.25) is 0 Å². The number of amides is 1. The predicted molar refractivity (Wildman–Crippen MR) is 56.0 cm³/mol. The lowest BCUT2D eigenvalue weighted by molar-refractivity contribution is -0.120. The number of rotatable bonds is 1. The third kappa shape index (κ3) is 1.62. The normalized spacial score (nSPS) is 19.6. The molecule has 0 fully saturated rings.